The van der Waals surface area contributed by atoms with Crippen LogP contribution in [0, 0.1) is 5.92 Å². The normalized spacial score (nSPS) is 16.9. The van der Waals surface area contributed by atoms with Crippen LogP contribution in [0.3, 0.4) is 0 Å². The maximum atomic E-state index is 11.7. The van der Waals surface area contributed by atoms with Gasteiger partial charge in [0, 0.05) is 12.6 Å². The molecule has 0 aromatic rings. The summed E-state index contributed by atoms with van der Waals surface area (Å²) >= 11 is 0. The van der Waals surface area contributed by atoms with Gasteiger partial charge in [-0.1, -0.05) is 6.92 Å². The molecule has 0 aliphatic heterocycles. The lowest BCUT2D eigenvalue weighted by atomic mass is 10.2. The van der Waals surface area contributed by atoms with E-state index in [1.54, 1.807) is 4.90 Å². The first-order chi connectivity index (χ1) is 8.01. The molecule has 0 aromatic carbocycles. The molecule has 0 heterocycles. The van der Waals surface area contributed by atoms with Crippen molar-refractivity contribution in [2.75, 3.05) is 19.6 Å². The van der Waals surface area contributed by atoms with E-state index in [-0.39, 0.29) is 25.0 Å². The molecule has 1 atom stereocenters. The lowest BCUT2D eigenvalue weighted by Crippen LogP contribution is -2.43. The molecular formula is C12H22N2O3. The maximum absolute atomic E-state index is 11.7. The van der Waals surface area contributed by atoms with Crippen LogP contribution in [0.2, 0.25) is 0 Å². The second-order valence-corrected chi connectivity index (χ2v) is 4.88. The van der Waals surface area contributed by atoms with Crippen LogP contribution in [0.4, 0.5) is 0 Å². The smallest absolute Gasteiger partial charge is 0.317 e. The van der Waals surface area contributed by atoms with Crippen molar-refractivity contribution in [3.8, 4) is 0 Å². The summed E-state index contributed by atoms with van der Waals surface area (Å²) in [4.78, 5) is 24.1. The van der Waals surface area contributed by atoms with Gasteiger partial charge in [0.1, 0.15) is 0 Å². The SMILES string of the molecule is CCC(C)NC(=O)CN(CC(=O)O)CC1CC1. The van der Waals surface area contributed by atoms with E-state index in [4.69, 9.17) is 5.11 Å². The van der Waals surface area contributed by atoms with Gasteiger partial charge >= 0.3 is 5.97 Å². The molecule has 1 aliphatic carbocycles. The number of hydrogen-bond acceptors (Lipinski definition) is 3. The van der Waals surface area contributed by atoms with Crippen molar-refractivity contribution in [1.29, 1.82) is 0 Å². The summed E-state index contributed by atoms with van der Waals surface area (Å²) in [5.41, 5.74) is 0. The first kappa shape index (κ1) is 14.0. The zero-order chi connectivity index (χ0) is 12.8. The highest BCUT2D eigenvalue weighted by Gasteiger charge is 2.26. The van der Waals surface area contributed by atoms with Gasteiger partial charge in [-0.25, -0.2) is 0 Å². The van der Waals surface area contributed by atoms with Crippen LogP contribution in [0.5, 0.6) is 0 Å². The Hall–Kier alpha value is -1.10. The second kappa shape index (κ2) is 6.59. The fourth-order valence-electron chi connectivity index (χ4n) is 1.67. The minimum Gasteiger partial charge on any atom is -0.480 e. The third-order valence-corrected chi connectivity index (χ3v) is 2.96. The molecule has 0 aromatic heterocycles. The molecule has 0 saturated heterocycles. The van der Waals surface area contributed by atoms with Crippen LogP contribution in [0.25, 0.3) is 0 Å². The van der Waals surface area contributed by atoms with Gasteiger partial charge in [-0.2, -0.15) is 0 Å². The average Bonchev–Trinajstić information content (AvgIpc) is 2.99. The van der Waals surface area contributed by atoms with Crippen LogP contribution in [0.1, 0.15) is 33.1 Å². The number of nitrogens with one attached hydrogen (secondary N) is 1. The van der Waals surface area contributed by atoms with E-state index in [9.17, 15) is 9.59 Å². The van der Waals surface area contributed by atoms with Gasteiger partial charge in [-0.15, -0.1) is 0 Å². The Morgan fingerprint density at radius 2 is 2.06 bits per heavy atom. The molecule has 98 valence electrons. The predicted molar refractivity (Wildman–Crippen MR) is 64.7 cm³/mol. The number of amides is 1. The van der Waals surface area contributed by atoms with E-state index >= 15 is 0 Å². The molecule has 0 spiro atoms. The number of nitrogens with zero attached hydrogens (tertiary/aromatic N) is 1. The quantitative estimate of drug-likeness (QED) is 0.657. The van der Waals surface area contributed by atoms with Gasteiger partial charge < -0.3 is 10.4 Å². The number of carbonyl (C=O) groups is 2. The van der Waals surface area contributed by atoms with Gasteiger partial charge in [0.15, 0.2) is 0 Å². The Kier molecular flexibility index (Phi) is 5.41. The highest BCUT2D eigenvalue weighted by atomic mass is 16.4. The molecule has 1 unspecified atom stereocenters. The van der Waals surface area contributed by atoms with Crippen molar-refractivity contribution in [3.63, 3.8) is 0 Å². The lowest BCUT2D eigenvalue weighted by molar-refractivity contribution is -0.138. The van der Waals surface area contributed by atoms with Crippen LogP contribution in [0.15, 0.2) is 0 Å². The largest absolute Gasteiger partial charge is 0.480 e. The molecule has 1 aliphatic rings. The summed E-state index contributed by atoms with van der Waals surface area (Å²) in [7, 11) is 0. The Labute approximate surface area is 102 Å². The van der Waals surface area contributed by atoms with Gasteiger partial charge in [0.05, 0.1) is 13.1 Å². The number of rotatable bonds is 8. The molecular weight excluding hydrogens is 220 g/mol. The fourth-order valence-corrected chi connectivity index (χ4v) is 1.67. The zero-order valence-electron chi connectivity index (χ0n) is 10.6. The molecule has 0 bridgehead atoms. The minimum absolute atomic E-state index is 0.0512. The van der Waals surface area contributed by atoms with Crippen molar-refractivity contribution < 1.29 is 14.7 Å². The van der Waals surface area contributed by atoms with Crippen LogP contribution < -0.4 is 5.32 Å². The Morgan fingerprint density at radius 3 is 2.53 bits per heavy atom. The fraction of sp³-hybridized carbons (Fsp3) is 0.833. The molecule has 1 rings (SSSR count). The summed E-state index contributed by atoms with van der Waals surface area (Å²) in [5.74, 6) is -0.367. The minimum atomic E-state index is -0.873. The van der Waals surface area contributed by atoms with Crippen molar-refractivity contribution >= 4 is 11.9 Å². The highest BCUT2D eigenvalue weighted by Crippen LogP contribution is 2.29. The van der Waals surface area contributed by atoms with Gasteiger partial charge in [-0.3, -0.25) is 14.5 Å². The Bertz CT molecular complexity index is 277. The molecule has 1 saturated carbocycles. The lowest BCUT2D eigenvalue weighted by Gasteiger charge is -2.20. The molecule has 5 nitrogen and oxygen atoms in total. The van der Waals surface area contributed by atoms with Crippen LogP contribution in [-0.2, 0) is 9.59 Å². The third-order valence-electron chi connectivity index (χ3n) is 2.96. The van der Waals surface area contributed by atoms with Crippen LogP contribution >= 0.6 is 0 Å². The second-order valence-electron chi connectivity index (χ2n) is 4.88. The summed E-state index contributed by atoms with van der Waals surface area (Å²) in [6.45, 7) is 4.81. The Morgan fingerprint density at radius 1 is 1.41 bits per heavy atom. The predicted octanol–water partition coefficient (Wildman–Crippen LogP) is 0.698. The Balaban J connectivity index is 2.35. The summed E-state index contributed by atoms with van der Waals surface area (Å²) < 4.78 is 0. The molecule has 0 radical (unpaired) electrons. The maximum Gasteiger partial charge on any atom is 0.317 e. The number of carboxylic acids is 1. The average molecular weight is 242 g/mol. The third kappa shape index (κ3) is 6.26. The highest BCUT2D eigenvalue weighted by molar-refractivity contribution is 5.79. The van der Waals surface area contributed by atoms with Crippen molar-refractivity contribution in [2.45, 2.75) is 39.2 Å². The molecule has 5 heteroatoms. The van der Waals surface area contributed by atoms with Gasteiger partial charge in [0.25, 0.3) is 0 Å². The number of aliphatic carboxylic acids is 1. The zero-order valence-corrected chi connectivity index (χ0v) is 10.6. The summed E-state index contributed by atoms with van der Waals surface area (Å²) in [6.07, 6.45) is 3.19. The monoisotopic (exact) mass is 242 g/mol. The van der Waals surface area contributed by atoms with Crippen molar-refractivity contribution in [2.24, 2.45) is 5.92 Å². The van der Waals surface area contributed by atoms with E-state index in [1.165, 1.54) is 0 Å². The van der Waals surface area contributed by atoms with E-state index < -0.39 is 5.97 Å². The van der Waals surface area contributed by atoms with Gasteiger partial charge in [0.2, 0.25) is 5.91 Å². The first-order valence-corrected chi connectivity index (χ1v) is 6.24. The van der Waals surface area contributed by atoms with Gasteiger partial charge in [-0.05, 0) is 32.1 Å². The van der Waals surface area contributed by atoms with Crippen molar-refractivity contribution in [1.82, 2.24) is 10.2 Å². The molecule has 17 heavy (non-hydrogen) atoms. The van der Waals surface area contributed by atoms with Crippen LogP contribution in [-0.4, -0.2) is 47.6 Å². The summed E-state index contributed by atoms with van der Waals surface area (Å²) in [6, 6.07) is 0.148. The molecule has 1 amide bonds. The first-order valence-electron chi connectivity index (χ1n) is 6.24. The van der Waals surface area contributed by atoms with E-state index in [0.717, 1.165) is 25.8 Å². The molecule has 2 N–H and O–H groups in total. The van der Waals surface area contributed by atoms with E-state index in [0.29, 0.717) is 5.92 Å². The standard InChI is InChI=1S/C12H22N2O3/c1-3-9(2)13-11(15)7-14(8-12(16)17)6-10-4-5-10/h9-10H,3-8H2,1-2H3,(H,13,15)(H,16,17). The molecule has 1 fully saturated rings. The van der Waals surface area contributed by atoms with E-state index in [1.807, 2.05) is 13.8 Å². The van der Waals surface area contributed by atoms with E-state index in [2.05, 4.69) is 5.32 Å². The van der Waals surface area contributed by atoms with Crippen molar-refractivity contribution in [3.05, 3.63) is 0 Å². The number of hydrogen-bond donors (Lipinski definition) is 2. The number of carboxylic acid groups (broad SMARTS) is 1. The number of carbonyl (C=O) groups excluding carboxylic acids is 1. The summed E-state index contributed by atoms with van der Waals surface area (Å²) in [5, 5.41) is 11.6. The topological polar surface area (TPSA) is 69.6 Å².